The predicted molar refractivity (Wildman–Crippen MR) is 58.0 cm³/mol. The summed E-state index contributed by atoms with van der Waals surface area (Å²) in [5, 5.41) is 4.06. The second kappa shape index (κ2) is 3.86. The van der Waals surface area contributed by atoms with Gasteiger partial charge in [0.05, 0.1) is 0 Å². The molecule has 2 N–H and O–H groups in total. The largest absolute Gasteiger partial charge is 0.326 e. The molecule has 0 radical (unpaired) electrons. The van der Waals surface area contributed by atoms with E-state index >= 15 is 0 Å². The monoisotopic (exact) mass is 205 g/mol. The smallest absolute Gasteiger partial charge is 0.160 e. The SMILES string of the molecule is Cc1nc(-c2ccsc2)ncc1CN. The lowest BCUT2D eigenvalue weighted by Crippen LogP contribution is -2.03. The normalized spacial score (nSPS) is 10.4. The number of thiophene rings is 1. The molecule has 72 valence electrons. The standard InChI is InChI=1S/C10H11N3S/c1-7-9(4-11)5-12-10(13-7)8-2-3-14-6-8/h2-3,5-6H,4,11H2,1H3. The highest BCUT2D eigenvalue weighted by atomic mass is 32.1. The molecule has 0 aromatic carbocycles. The third kappa shape index (κ3) is 1.66. The van der Waals surface area contributed by atoms with Crippen LogP contribution in [0.1, 0.15) is 11.3 Å². The predicted octanol–water partition coefficient (Wildman–Crippen LogP) is 1.97. The van der Waals surface area contributed by atoms with Crippen molar-refractivity contribution in [2.45, 2.75) is 13.5 Å². The van der Waals surface area contributed by atoms with Crippen molar-refractivity contribution in [1.29, 1.82) is 0 Å². The Labute approximate surface area is 86.6 Å². The number of rotatable bonds is 2. The summed E-state index contributed by atoms with van der Waals surface area (Å²) in [7, 11) is 0. The Kier molecular flexibility index (Phi) is 2.56. The Bertz CT molecular complexity index is 423. The van der Waals surface area contributed by atoms with Crippen molar-refractivity contribution in [3.8, 4) is 11.4 Å². The van der Waals surface area contributed by atoms with Crippen molar-refractivity contribution in [2.24, 2.45) is 5.73 Å². The Morgan fingerprint density at radius 1 is 1.50 bits per heavy atom. The topological polar surface area (TPSA) is 51.8 Å². The van der Waals surface area contributed by atoms with E-state index in [4.69, 9.17) is 5.73 Å². The first-order valence-corrected chi connectivity index (χ1v) is 5.30. The zero-order valence-electron chi connectivity index (χ0n) is 7.90. The van der Waals surface area contributed by atoms with Crippen molar-refractivity contribution in [1.82, 2.24) is 9.97 Å². The van der Waals surface area contributed by atoms with Crippen molar-refractivity contribution in [3.63, 3.8) is 0 Å². The van der Waals surface area contributed by atoms with Gasteiger partial charge in [0.2, 0.25) is 0 Å². The highest BCUT2D eigenvalue weighted by Gasteiger charge is 2.04. The van der Waals surface area contributed by atoms with Gasteiger partial charge in [-0.3, -0.25) is 0 Å². The Hall–Kier alpha value is -1.26. The highest BCUT2D eigenvalue weighted by Crippen LogP contribution is 2.18. The maximum Gasteiger partial charge on any atom is 0.160 e. The molecule has 2 aromatic heterocycles. The third-order valence-corrected chi connectivity index (χ3v) is 2.76. The van der Waals surface area contributed by atoms with Gasteiger partial charge < -0.3 is 5.73 Å². The molecule has 14 heavy (non-hydrogen) atoms. The minimum absolute atomic E-state index is 0.496. The van der Waals surface area contributed by atoms with E-state index in [0.29, 0.717) is 6.54 Å². The van der Waals surface area contributed by atoms with E-state index in [1.165, 1.54) is 0 Å². The molecule has 0 fully saturated rings. The quantitative estimate of drug-likeness (QED) is 0.815. The lowest BCUT2D eigenvalue weighted by atomic mass is 10.2. The Balaban J connectivity index is 2.43. The molecule has 0 saturated carbocycles. The number of nitrogens with zero attached hydrogens (tertiary/aromatic N) is 2. The van der Waals surface area contributed by atoms with Crippen molar-refractivity contribution in [3.05, 3.63) is 34.3 Å². The fraction of sp³-hybridized carbons (Fsp3) is 0.200. The second-order valence-corrected chi connectivity index (χ2v) is 3.80. The van der Waals surface area contributed by atoms with E-state index < -0.39 is 0 Å². The molecule has 0 aliphatic rings. The van der Waals surface area contributed by atoms with Crippen LogP contribution in [0.2, 0.25) is 0 Å². The summed E-state index contributed by atoms with van der Waals surface area (Å²) in [4.78, 5) is 8.67. The lowest BCUT2D eigenvalue weighted by molar-refractivity contribution is 0.973. The van der Waals surface area contributed by atoms with Gasteiger partial charge in [-0.25, -0.2) is 9.97 Å². The second-order valence-electron chi connectivity index (χ2n) is 3.02. The van der Waals surface area contributed by atoms with Crippen LogP contribution in [0.3, 0.4) is 0 Å². The summed E-state index contributed by atoms with van der Waals surface area (Å²) in [6, 6.07) is 2.02. The van der Waals surface area contributed by atoms with Gasteiger partial charge in [-0.2, -0.15) is 11.3 Å². The van der Waals surface area contributed by atoms with Gasteiger partial charge in [0, 0.05) is 34.9 Å². The molecule has 0 amide bonds. The molecule has 0 aliphatic heterocycles. The van der Waals surface area contributed by atoms with Gasteiger partial charge in [-0.15, -0.1) is 0 Å². The van der Waals surface area contributed by atoms with Crippen LogP contribution < -0.4 is 5.73 Å². The fourth-order valence-corrected chi connectivity index (χ4v) is 1.86. The van der Waals surface area contributed by atoms with Crippen LogP contribution >= 0.6 is 11.3 Å². The van der Waals surface area contributed by atoms with E-state index in [9.17, 15) is 0 Å². The first-order valence-electron chi connectivity index (χ1n) is 4.36. The van der Waals surface area contributed by atoms with Crippen LogP contribution in [-0.2, 0) is 6.54 Å². The van der Waals surface area contributed by atoms with Gasteiger partial charge >= 0.3 is 0 Å². The first-order chi connectivity index (χ1) is 6.81. The minimum Gasteiger partial charge on any atom is -0.326 e. The molecule has 0 bridgehead atoms. The van der Waals surface area contributed by atoms with Crippen molar-refractivity contribution >= 4 is 11.3 Å². The zero-order valence-corrected chi connectivity index (χ0v) is 8.71. The summed E-state index contributed by atoms with van der Waals surface area (Å²) in [5.41, 5.74) is 8.58. The Morgan fingerprint density at radius 3 is 2.93 bits per heavy atom. The molecule has 4 heteroatoms. The number of nitrogens with two attached hydrogens (primary N) is 1. The van der Waals surface area contributed by atoms with Crippen LogP contribution in [0.5, 0.6) is 0 Å². The molecule has 3 nitrogen and oxygen atoms in total. The number of aromatic nitrogens is 2. The summed E-state index contributed by atoms with van der Waals surface area (Å²) >= 11 is 1.65. The van der Waals surface area contributed by atoms with Crippen molar-refractivity contribution < 1.29 is 0 Å². The van der Waals surface area contributed by atoms with E-state index in [0.717, 1.165) is 22.6 Å². The van der Waals surface area contributed by atoms with Crippen LogP contribution in [0.25, 0.3) is 11.4 Å². The number of aryl methyl sites for hydroxylation is 1. The summed E-state index contributed by atoms with van der Waals surface area (Å²) in [6.07, 6.45) is 1.80. The molecule has 0 atom stereocenters. The third-order valence-electron chi connectivity index (χ3n) is 2.08. The molecule has 2 aromatic rings. The van der Waals surface area contributed by atoms with E-state index in [2.05, 4.69) is 9.97 Å². The van der Waals surface area contributed by atoms with Crippen molar-refractivity contribution in [2.75, 3.05) is 0 Å². The van der Waals surface area contributed by atoms with Gasteiger partial charge in [0.15, 0.2) is 5.82 Å². The molecular weight excluding hydrogens is 194 g/mol. The molecular formula is C10H11N3S. The summed E-state index contributed by atoms with van der Waals surface area (Å²) in [5.74, 6) is 0.779. The molecule has 0 saturated heterocycles. The fourth-order valence-electron chi connectivity index (χ4n) is 1.22. The molecule has 0 spiro atoms. The molecule has 0 aliphatic carbocycles. The van der Waals surface area contributed by atoms with E-state index in [-0.39, 0.29) is 0 Å². The molecule has 2 heterocycles. The summed E-state index contributed by atoms with van der Waals surface area (Å²) in [6.45, 7) is 2.45. The first kappa shape index (κ1) is 9.30. The van der Waals surface area contributed by atoms with Crippen LogP contribution in [0, 0.1) is 6.92 Å². The van der Waals surface area contributed by atoms with E-state index in [1.807, 2.05) is 23.8 Å². The van der Waals surface area contributed by atoms with Crippen LogP contribution in [0.15, 0.2) is 23.0 Å². The average molecular weight is 205 g/mol. The van der Waals surface area contributed by atoms with E-state index in [1.54, 1.807) is 17.5 Å². The van der Waals surface area contributed by atoms with Crippen LogP contribution in [0.4, 0.5) is 0 Å². The average Bonchev–Trinajstić information content (AvgIpc) is 2.70. The van der Waals surface area contributed by atoms with Crippen LogP contribution in [-0.4, -0.2) is 9.97 Å². The minimum atomic E-state index is 0.496. The van der Waals surface area contributed by atoms with Gasteiger partial charge in [-0.05, 0) is 18.4 Å². The van der Waals surface area contributed by atoms with Gasteiger partial charge in [-0.1, -0.05) is 0 Å². The number of hydrogen-bond donors (Lipinski definition) is 1. The molecule has 2 rings (SSSR count). The highest BCUT2D eigenvalue weighted by molar-refractivity contribution is 7.08. The van der Waals surface area contributed by atoms with Gasteiger partial charge in [0.1, 0.15) is 0 Å². The lowest BCUT2D eigenvalue weighted by Gasteiger charge is -2.02. The Morgan fingerprint density at radius 2 is 2.36 bits per heavy atom. The number of hydrogen-bond acceptors (Lipinski definition) is 4. The maximum atomic E-state index is 5.54. The summed E-state index contributed by atoms with van der Waals surface area (Å²) < 4.78 is 0. The molecule has 0 unspecified atom stereocenters. The van der Waals surface area contributed by atoms with Gasteiger partial charge in [0.25, 0.3) is 0 Å². The zero-order chi connectivity index (χ0) is 9.97. The maximum absolute atomic E-state index is 5.54.